The van der Waals surface area contributed by atoms with Gasteiger partial charge in [0.05, 0.1) is 0 Å². The summed E-state index contributed by atoms with van der Waals surface area (Å²) in [4.78, 5) is 4.97. The molecule has 20 heavy (non-hydrogen) atoms. The summed E-state index contributed by atoms with van der Waals surface area (Å²) in [6.45, 7) is 11.9. The van der Waals surface area contributed by atoms with Crippen molar-refractivity contribution in [3.05, 3.63) is 28.8 Å². The Morgan fingerprint density at radius 2 is 1.90 bits per heavy atom. The summed E-state index contributed by atoms with van der Waals surface area (Å²) in [5.74, 6) is 0. The second-order valence-electron chi connectivity index (χ2n) is 5.34. The summed E-state index contributed by atoms with van der Waals surface area (Å²) < 4.78 is 0. The number of nitrogens with zero attached hydrogens (tertiary/aromatic N) is 2. The minimum atomic E-state index is 0.858. The predicted octanol–water partition coefficient (Wildman–Crippen LogP) is 2.98. The molecule has 1 aliphatic heterocycles. The zero-order valence-corrected chi connectivity index (χ0v) is 13.4. The molecule has 2 rings (SSSR count). The lowest BCUT2D eigenvalue weighted by atomic mass is 10.1. The van der Waals surface area contributed by atoms with E-state index in [2.05, 4.69) is 41.1 Å². The minimum absolute atomic E-state index is 0.858. The second-order valence-corrected chi connectivity index (χ2v) is 5.74. The van der Waals surface area contributed by atoms with Gasteiger partial charge in [0.15, 0.2) is 0 Å². The molecule has 0 unspecified atom stereocenters. The molecular formula is C16H26ClN3. The standard InChI is InChI=1S/C16H26ClN3/c1-3-8-18-13-14-15(17)6-5-7-16(14)20-11-9-19(4-2)10-12-20/h5-7,18H,3-4,8-13H2,1-2H3. The van der Waals surface area contributed by atoms with E-state index >= 15 is 0 Å². The van der Waals surface area contributed by atoms with E-state index in [1.807, 2.05) is 6.07 Å². The molecule has 4 heteroatoms. The van der Waals surface area contributed by atoms with Crippen LogP contribution in [-0.2, 0) is 6.54 Å². The average molecular weight is 296 g/mol. The van der Waals surface area contributed by atoms with Crippen LogP contribution in [0.15, 0.2) is 18.2 Å². The van der Waals surface area contributed by atoms with Crippen molar-refractivity contribution < 1.29 is 0 Å². The lowest BCUT2D eigenvalue weighted by Crippen LogP contribution is -2.46. The van der Waals surface area contributed by atoms with Crippen molar-refractivity contribution in [1.82, 2.24) is 10.2 Å². The Balaban J connectivity index is 2.08. The largest absolute Gasteiger partial charge is 0.369 e. The van der Waals surface area contributed by atoms with Crippen LogP contribution < -0.4 is 10.2 Å². The Hall–Kier alpha value is -0.770. The number of nitrogens with one attached hydrogen (secondary N) is 1. The number of piperazine rings is 1. The summed E-state index contributed by atoms with van der Waals surface area (Å²) in [5, 5.41) is 4.35. The van der Waals surface area contributed by atoms with E-state index in [0.717, 1.165) is 57.3 Å². The first kappa shape index (κ1) is 15.6. The van der Waals surface area contributed by atoms with Crippen LogP contribution in [0.4, 0.5) is 5.69 Å². The molecule has 0 aliphatic carbocycles. The fourth-order valence-electron chi connectivity index (χ4n) is 2.71. The lowest BCUT2D eigenvalue weighted by molar-refractivity contribution is 0.271. The van der Waals surface area contributed by atoms with Crippen LogP contribution in [0, 0.1) is 0 Å². The fraction of sp³-hybridized carbons (Fsp3) is 0.625. The highest BCUT2D eigenvalue weighted by molar-refractivity contribution is 6.31. The normalized spacial score (nSPS) is 16.6. The monoisotopic (exact) mass is 295 g/mol. The van der Waals surface area contributed by atoms with E-state index < -0.39 is 0 Å². The van der Waals surface area contributed by atoms with Gasteiger partial charge in [-0.3, -0.25) is 0 Å². The first-order valence-corrected chi connectivity index (χ1v) is 8.09. The summed E-state index contributed by atoms with van der Waals surface area (Å²) in [5.41, 5.74) is 2.55. The second kappa shape index (κ2) is 7.87. The van der Waals surface area contributed by atoms with Crippen molar-refractivity contribution in [2.45, 2.75) is 26.8 Å². The molecule has 3 nitrogen and oxygen atoms in total. The van der Waals surface area contributed by atoms with Crippen molar-refractivity contribution in [2.75, 3.05) is 44.2 Å². The number of halogens is 1. The SMILES string of the molecule is CCCNCc1c(Cl)cccc1N1CCN(CC)CC1. The topological polar surface area (TPSA) is 18.5 Å². The van der Waals surface area contributed by atoms with Gasteiger partial charge in [0.1, 0.15) is 0 Å². The van der Waals surface area contributed by atoms with Gasteiger partial charge in [0.25, 0.3) is 0 Å². The number of rotatable bonds is 6. The highest BCUT2D eigenvalue weighted by Crippen LogP contribution is 2.28. The van der Waals surface area contributed by atoms with Crippen molar-refractivity contribution in [2.24, 2.45) is 0 Å². The third-order valence-corrected chi connectivity index (χ3v) is 4.34. The molecule has 0 saturated carbocycles. The first-order valence-electron chi connectivity index (χ1n) is 7.71. The summed E-state index contributed by atoms with van der Waals surface area (Å²) in [6, 6.07) is 6.26. The van der Waals surface area contributed by atoms with E-state index in [0.29, 0.717) is 0 Å². The van der Waals surface area contributed by atoms with Gasteiger partial charge in [-0.2, -0.15) is 0 Å². The highest BCUT2D eigenvalue weighted by atomic mass is 35.5. The van der Waals surface area contributed by atoms with Crippen LogP contribution in [0.1, 0.15) is 25.8 Å². The molecule has 1 aromatic carbocycles. The third-order valence-electron chi connectivity index (χ3n) is 3.98. The smallest absolute Gasteiger partial charge is 0.0471 e. The zero-order valence-electron chi connectivity index (χ0n) is 12.7. The Morgan fingerprint density at radius 1 is 1.15 bits per heavy atom. The predicted molar refractivity (Wildman–Crippen MR) is 87.8 cm³/mol. The van der Waals surface area contributed by atoms with Gasteiger partial charge in [-0.1, -0.05) is 31.5 Å². The lowest BCUT2D eigenvalue weighted by Gasteiger charge is -2.36. The Kier molecular flexibility index (Phi) is 6.14. The average Bonchev–Trinajstić information content (AvgIpc) is 2.49. The van der Waals surface area contributed by atoms with Gasteiger partial charge in [0.2, 0.25) is 0 Å². The highest BCUT2D eigenvalue weighted by Gasteiger charge is 2.19. The van der Waals surface area contributed by atoms with Gasteiger partial charge in [-0.15, -0.1) is 0 Å². The van der Waals surface area contributed by atoms with Crippen LogP contribution in [0.3, 0.4) is 0 Å². The first-order chi connectivity index (χ1) is 9.76. The fourth-order valence-corrected chi connectivity index (χ4v) is 2.95. The van der Waals surface area contributed by atoms with E-state index in [-0.39, 0.29) is 0 Å². The molecule has 1 aliphatic rings. The van der Waals surface area contributed by atoms with Crippen molar-refractivity contribution in [3.8, 4) is 0 Å². The van der Waals surface area contributed by atoms with E-state index in [1.165, 1.54) is 11.3 Å². The summed E-state index contributed by atoms with van der Waals surface area (Å²) in [6.07, 6.45) is 1.15. The van der Waals surface area contributed by atoms with E-state index in [4.69, 9.17) is 11.6 Å². The molecule has 0 spiro atoms. The number of anilines is 1. The molecule has 0 amide bonds. The number of hydrogen-bond acceptors (Lipinski definition) is 3. The molecule has 0 radical (unpaired) electrons. The summed E-state index contributed by atoms with van der Waals surface area (Å²) >= 11 is 6.41. The maximum Gasteiger partial charge on any atom is 0.0471 e. The van der Waals surface area contributed by atoms with Gasteiger partial charge >= 0.3 is 0 Å². The summed E-state index contributed by atoms with van der Waals surface area (Å²) in [7, 11) is 0. The van der Waals surface area contributed by atoms with Gasteiger partial charge < -0.3 is 15.1 Å². The maximum absolute atomic E-state index is 6.41. The van der Waals surface area contributed by atoms with Crippen LogP contribution in [0.2, 0.25) is 5.02 Å². The van der Waals surface area contributed by atoms with Crippen LogP contribution in [0.5, 0.6) is 0 Å². The van der Waals surface area contributed by atoms with E-state index in [9.17, 15) is 0 Å². The quantitative estimate of drug-likeness (QED) is 0.814. The van der Waals surface area contributed by atoms with E-state index in [1.54, 1.807) is 0 Å². The maximum atomic E-state index is 6.41. The number of hydrogen-bond donors (Lipinski definition) is 1. The molecule has 112 valence electrons. The molecule has 0 aromatic heterocycles. The van der Waals surface area contributed by atoms with Crippen LogP contribution in [0.25, 0.3) is 0 Å². The number of benzene rings is 1. The Bertz CT molecular complexity index is 414. The van der Waals surface area contributed by atoms with Crippen molar-refractivity contribution >= 4 is 17.3 Å². The molecular weight excluding hydrogens is 270 g/mol. The van der Waals surface area contributed by atoms with Gasteiger partial charge in [0, 0.05) is 49.0 Å². The molecule has 1 fully saturated rings. The number of likely N-dealkylation sites (N-methyl/N-ethyl adjacent to an activating group) is 1. The Morgan fingerprint density at radius 3 is 2.55 bits per heavy atom. The van der Waals surface area contributed by atoms with Crippen molar-refractivity contribution in [1.29, 1.82) is 0 Å². The van der Waals surface area contributed by atoms with Crippen molar-refractivity contribution in [3.63, 3.8) is 0 Å². The molecule has 1 heterocycles. The van der Waals surface area contributed by atoms with Crippen LogP contribution in [-0.4, -0.2) is 44.2 Å². The molecule has 0 atom stereocenters. The zero-order chi connectivity index (χ0) is 14.4. The molecule has 0 bridgehead atoms. The van der Waals surface area contributed by atoms with Gasteiger partial charge in [-0.25, -0.2) is 0 Å². The Labute approximate surface area is 127 Å². The molecule has 1 aromatic rings. The van der Waals surface area contributed by atoms with Gasteiger partial charge in [-0.05, 0) is 31.6 Å². The molecule has 1 N–H and O–H groups in total. The van der Waals surface area contributed by atoms with Crippen LogP contribution >= 0.6 is 11.6 Å². The molecule has 1 saturated heterocycles. The third kappa shape index (κ3) is 3.87. The minimum Gasteiger partial charge on any atom is -0.369 e.